The molecule has 0 fully saturated rings. The zero-order valence-corrected chi connectivity index (χ0v) is 9.99. The maximum absolute atomic E-state index is 5.55. The van der Waals surface area contributed by atoms with Gasteiger partial charge in [-0.25, -0.2) is 0 Å². The van der Waals surface area contributed by atoms with Crippen LogP contribution in [0.3, 0.4) is 0 Å². The standard InChI is InChI=1S/C12H12N2OS/c1-9-3-8-12(14-13-9)15-10-4-6-11(16-2)7-5-10/h3-8H,1-2H3. The molecular formula is C12H12N2OS. The van der Waals surface area contributed by atoms with Gasteiger partial charge >= 0.3 is 0 Å². The Kier molecular flexibility index (Phi) is 3.41. The molecule has 1 aromatic heterocycles. The molecule has 82 valence electrons. The van der Waals surface area contributed by atoms with E-state index in [9.17, 15) is 0 Å². The Balaban J connectivity index is 2.11. The molecule has 4 heteroatoms. The fourth-order valence-corrected chi connectivity index (χ4v) is 1.61. The number of aryl methyl sites for hydroxylation is 1. The number of hydrogen-bond donors (Lipinski definition) is 0. The molecule has 3 nitrogen and oxygen atoms in total. The van der Waals surface area contributed by atoms with Crippen LogP contribution in [0.2, 0.25) is 0 Å². The van der Waals surface area contributed by atoms with E-state index >= 15 is 0 Å². The first-order valence-electron chi connectivity index (χ1n) is 4.90. The van der Waals surface area contributed by atoms with Crippen molar-refractivity contribution in [1.29, 1.82) is 0 Å². The fraction of sp³-hybridized carbons (Fsp3) is 0.167. The van der Waals surface area contributed by atoms with Gasteiger partial charge in [0, 0.05) is 11.0 Å². The predicted octanol–water partition coefficient (Wildman–Crippen LogP) is 3.30. The molecule has 16 heavy (non-hydrogen) atoms. The van der Waals surface area contributed by atoms with Crippen LogP contribution in [0.15, 0.2) is 41.3 Å². The van der Waals surface area contributed by atoms with Crippen LogP contribution in [0.1, 0.15) is 5.69 Å². The van der Waals surface area contributed by atoms with Gasteiger partial charge in [0.25, 0.3) is 0 Å². The molecule has 0 radical (unpaired) electrons. The SMILES string of the molecule is CSc1ccc(Oc2ccc(C)nn2)cc1. The molecule has 0 aliphatic carbocycles. The van der Waals surface area contributed by atoms with Crippen molar-refractivity contribution in [3.05, 3.63) is 42.1 Å². The lowest BCUT2D eigenvalue weighted by atomic mass is 10.3. The van der Waals surface area contributed by atoms with Crippen LogP contribution in [0.5, 0.6) is 11.6 Å². The van der Waals surface area contributed by atoms with Crippen molar-refractivity contribution >= 4 is 11.8 Å². The van der Waals surface area contributed by atoms with Crippen LogP contribution in [0, 0.1) is 6.92 Å². The fourth-order valence-electron chi connectivity index (χ4n) is 1.21. The minimum atomic E-state index is 0.516. The minimum absolute atomic E-state index is 0.516. The molecule has 0 N–H and O–H groups in total. The van der Waals surface area contributed by atoms with Crippen molar-refractivity contribution in [3.63, 3.8) is 0 Å². The first-order valence-corrected chi connectivity index (χ1v) is 6.12. The van der Waals surface area contributed by atoms with E-state index in [4.69, 9.17) is 4.74 Å². The van der Waals surface area contributed by atoms with Gasteiger partial charge in [-0.2, -0.15) is 5.10 Å². The first kappa shape index (κ1) is 11.0. The lowest BCUT2D eigenvalue weighted by Crippen LogP contribution is -1.91. The van der Waals surface area contributed by atoms with Crippen molar-refractivity contribution < 1.29 is 4.74 Å². The topological polar surface area (TPSA) is 35.0 Å². The molecule has 1 heterocycles. The zero-order chi connectivity index (χ0) is 11.4. The summed E-state index contributed by atoms with van der Waals surface area (Å²) in [5.74, 6) is 1.29. The Morgan fingerprint density at radius 3 is 2.31 bits per heavy atom. The van der Waals surface area contributed by atoms with Gasteiger partial charge in [0.15, 0.2) is 0 Å². The number of nitrogens with zero attached hydrogens (tertiary/aromatic N) is 2. The van der Waals surface area contributed by atoms with E-state index in [0.717, 1.165) is 11.4 Å². The second kappa shape index (κ2) is 4.99. The van der Waals surface area contributed by atoms with Crippen LogP contribution < -0.4 is 4.74 Å². The second-order valence-electron chi connectivity index (χ2n) is 3.29. The van der Waals surface area contributed by atoms with E-state index in [0.29, 0.717) is 5.88 Å². The van der Waals surface area contributed by atoms with Gasteiger partial charge in [0.1, 0.15) is 5.75 Å². The molecule has 0 atom stereocenters. The van der Waals surface area contributed by atoms with Crippen LogP contribution >= 0.6 is 11.8 Å². The molecule has 0 bridgehead atoms. The summed E-state index contributed by atoms with van der Waals surface area (Å²) in [5.41, 5.74) is 0.880. The third-order valence-electron chi connectivity index (χ3n) is 2.06. The lowest BCUT2D eigenvalue weighted by Gasteiger charge is -2.04. The molecule has 2 aromatic rings. The van der Waals surface area contributed by atoms with Gasteiger partial charge in [0.05, 0.1) is 5.69 Å². The molecule has 0 saturated carbocycles. The zero-order valence-electron chi connectivity index (χ0n) is 9.18. The molecule has 0 amide bonds. The van der Waals surface area contributed by atoms with E-state index in [1.54, 1.807) is 11.8 Å². The monoisotopic (exact) mass is 232 g/mol. The highest BCUT2D eigenvalue weighted by Crippen LogP contribution is 2.22. The van der Waals surface area contributed by atoms with Crippen molar-refractivity contribution in [2.75, 3.05) is 6.26 Å². The molecule has 0 spiro atoms. The van der Waals surface area contributed by atoms with Gasteiger partial charge in [-0.1, -0.05) is 0 Å². The third-order valence-corrected chi connectivity index (χ3v) is 2.80. The van der Waals surface area contributed by atoms with Crippen molar-refractivity contribution in [3.8, 4) is 11.6 Å². The number of rotatable bonds is 3. The van der Waals surface area contributed by atoms with Gasteiger partial charge in [-0.05, 0) is 43.5 Å². The smallest absolute Gasteiger partial charge is 0.238 e. The molecule has 1 aromatic carbocycles. The molecule has 0 aliphatic heterocycles. The van der Waals surface area contributed by atoms with Gasteiger partial charge in [0.2, 0.25) is 5.88 Å². The molecule has 2 rings (SSSR count). The van der Waals surface area contributed by atoms with E-state index in [-0.39, 0.29) is 0 Å². The Hall–Kier alpha value is -1.55. The summed E-state index contributed by atoms with van der Waals surface area (Å²) < 4.78 is 5.55. The highest BCUT2D eigenvalue weighted by atomic mass is 32.2. The number of ether oxygens (including phenoxy) is 1. The van der Waals surface area contributed by atoms with Crippen LogP contribution in [-0.4, -0.2) is 16.5 Å². The Morgan fingerprint density at radius 1 is 1.00 bits per heavy atom. The summed E-state index contributed by atoms with van der Waals surface area (Å²) in [6.07, 6.45) is 2.04. The average Bonchev–Trinajstić information content (AvgIpc) is 2.33. The number of aromatic nitrogens is 2. The van der Waals surface area contributed by atoms with Crippen molar-refractivity contribution in [2.24, 2.45) is 0 Å². The van der Waals surface area contributed by atoms with Crippen LogP contribution in [0.25, 0.3) is 0 Å². The van der Waals surface area contributed by atoms with Gasteiger partial charge in [-0.15, -0.1) is 16.9 Å². The number of thioether (sulfide) groups is 1. The quantitative estimate of drug-likeness (QED) is 0.760. The first-order chi connectivity index (χ1) is 7.78. The summed E-state index contributed by atoms with van der Waals surface area (Å²) in [4.78, 5) is 1.21. The van der Waals surface area contributed by atoms with E-state index in [1.807, 2.05) is 49.6 Å². The van der Waals surface area contributed by atoms with Crippen molar-refractivity contribution in [2.45, 2.75) is 11.8 Å². The van der Waals surface area contributed by atoms with E-state index in [2.05, 4.69) is 10.2 Å². The average molecular weight is 232 g/mol. The maximum atomic E-state index is 5.55. The molecule has 0 saturated heterocycles. The Bertz CT molecular complexity index is 453. The number of benzene rings is 1. The van der Waals surface area contributed by atoms with Crippen LogP contribution in [-0.2, 0) is 0 Å². The Morgan fingerprint density at radius 2 is 1.75 bits per heavy atom. The van der Waals surface area contributed by atoms with Crippen molar-refractivity contribution in [1.82, 2.24) is 10.2 Å². The van der Waals surface area contributed by atoms with Gasteiger partial charge in [-0.3, -0.25) is 0 Å². The van der Waals surface area contributed by atoms with Gasteiger partial charge < -0.3 is 4.74 Å². The lowest BCUT2D eigenvalue weighted by molar-refractivity contribution is 0.454. The highest BCUT2D eigenvalue weighted by molar-refractivity contribution is 7.98. The second-order valence-corrected chi connectivity index (χ2v) is 4.17. The largest absolute Gasteiger partial charge is 0.438 e. The van der Waals surface area contributed by atoms with Crippen LogP contribution in [0.4, 0.5) is 0 Å². The summed E-state index contributed by atoms with van der Waals surface area (Å²) >= 11 is 1.70. The normalized spacial score (nSPS) is 10.1. The summed E-state index contributed by atoms with van der Waals surface area (Å²) in [6, 6.07) is 11.6. The summed E-state index contributed by atoms with van der Waals surface area (Å²) in [6.45, 7) is 1.89. The summed E-state index contributed by atoms with van der Waals surface area (Å²) in [5, 5.41) is 7.87. The maximum Gasteiger partial charge on any atom is 0.238 e. The molecular weight excluding hydrogens is 220 g/mol. The Labute approximate surface area is 98.9 Å². The third kappa shape index (κ3) is 2.73. The number of hydrogen-bond acceptors (Lipinski definition) is 4. The molecule has 0 aliphatic rings. The van der Waals surface area contributed by atoms with E-state index in [1.165, 1.54) is 4.90 Å². The summed E-state index contributed by atoms with van der Waals surface area (Å²) in [7, 11) is 0. The highest BCUT2D eigenvalue weighted by Gasteiger charge is 1.99. The molecule has 0 unspecified atom stereocenters. The van der Waals surface area contributed by atoms with E-state index < -0.39 is 0 Å². The minimum Gasteiger partial charge on any atom is -0.438 e. The predicted molar refractivity (Wildman–Crippen MR) is 65.1 cm³/mol.